The molecular formula is C11H18O4. The van der Waals surface area contributed by atoms with Crippen LogP contribution in [0.2, 0.25) is 0 Å². The van der Waals surface area contributed by atoms with Crippen molar-refractivity contribution in [3.63, 3.8) is 0 Å². The molecule has 0 heterocycles. The van der Waals surface area contributed by atoms with Crippen LogP contribution in [0.15, 0.2) is 11.6 Å². The largest absolute Gasteiger partial charge is 0.469 e. The van der Waals surface area contributed by atoms with Crippen LogP contribution in [0.3, 0.4) is 0 Å². The molecule has 86 valence electrons. The van der Waals surface area contributed by atoms with Gasteiger partial charge >= 0.3 is 5.97 Å². The van der Waals surface area contributed by atoms with E-state index >= 15 is 0 Å². The smallest absolute Gasteiger partial charge is 0.311 e. The molecule has 0 amide bonds. The molecule has 1 rings (SSSR count). The molecule has 0 N–H and O–H groups in total. The highest BCUT2D eigenvalue weighted by Crippen LogP contribution is 2.29. The van der Waals surface area contributed by atoms with Crippen molar-refractivity contribution in [1.82, 2.24) is 0 Å². The lowest BCUT2D eigenvalue weighted by Gasteiger charge is -2.31. The van der Waals surface area contributed by atoms with Crippen LogP contribution in [-0.2, 0) is 19.0 Å². The number of esters is 1. The quantitative estimate of drug-likeness (QED) is 0.522. The van der Waals surface area contributed by atoms with Gasteiger partial charge in [-0.2, -0.15) is 0 Å². The van der Waals surface area contributed by atoms with Crippen molar-refractivity contribution in [1.29, 1.82) is 0 Å². The zero-order valence-electron chi connectivity index (χ0n) is 9.65. The maximum absolute atomic E-state index is 11.6. The van der Waals surface area contributed by atoms with Crippen molar-refractivity contribution in [3.05, 3.63) is 11.6 Å². The Balaban J connectivity index is 2.86. The lowest BCUT2D eigenvalue weighted by atomic mass is 9.85. The fourth-order valence-electron chi connectivity index (χ4n) is 2.03. The average molecular weight is 214 g/mol. The monoisotopic (exact) mass is 214 g/mol. The SMILES string of the molecule is COC(=O)C1C[C@H](OC)C=C(C)[C@@H]1OC. The Kier molecular flexibility index (Phi) is 4.29. The topological polar surface area (TPSA) is 44.8 Å². The van der Waals surface area contributed by atoms with Gasteiger partial charge in [0.15, 0.2) is 0 Å². The maximum atomic E-state index is 11.6. The number of carbonyl (C=O) groups is 1. The molecule has 0 aliphatic heterocycles. The van der Waals surface area contributed by atoms with Crippen molar-refractivity contribution in [3.8, 4) is 0 Å². The molecule has 4 heteroatoms. The summed E-state index contributed by atoms with van der Waals surface area (Å²) in [7, 11) is 4.63. The molecule has 1 unspecified atom stereocenters. The van der Waals surface area contributed by atoms with E-state index in [1.807, 2.05) is 13.0 Å². The van der Waals surface area contributed by atoms with E-state index < -0.39 is 0 Å². The van der Waals surface area contributed by atoms with Crippen molar-refractivity contribution in [2.45, 2.75) is 25.6 Å². The van der Waals surface area contributed by atoms with Gasteiger partial charge in [-0.1, -0.05) is 6.08 Å². The van der Waals surface area contributed by atoms with Gasteiger partial charge in [0.1, 0.15) is 0 Å². The fraction of sp³-hybridized carbons (Fsp3) is 0.727. The predicted molar refractivity (Wildman–Crippen MR) is 55.5 cm³/mol. The van der Waals surface area contributed by atoms with E-state index in [0.29, 0.717) is 6.42 Å². The second kappa shape index (κ2) is 5.28. The summed E-state index contributed by atoms with van der Waals surface area (Å²) in [5.41, 5.74) is 1.02. The molecule has 0 aromatic rings. The first-order valence-corrected chi connectivity index (χ1v) is 4.95. The molecule has 0 saturated carbocycles. The van der Waals surface area contributed by atoms with Crippen LogP contribution in [-0.4, -0.2) is 39.5 Å². The summed E-state index contributed by atoms with van der Waals surface area (Å²) in [6.07, 6.45) is 2.39. The molecule has 1 aliphatic rings. The van der Waals surface area contributed by atoms with Gasteiger partial charge in [0.05, 0.1) is 25.2 Å². The van der Waals surface area contributed by atoms with Crippen molar-refractivity contribution >= 4 is 5.97 Å². The molecule has 15 heavy (non-hydrogen) atoms. The standard InChI is InChI=1S/C11H18O4/c1-7-5-8(13-2)6-9(10(7)14-3)11(12)15-4/h5,8-10H,6H2,1-4H3/t8-,9?,10+/m1/s1. The number of hydrogen-bond donors (Lipinski definition) is 0. The molecule has 0 aromatic carbocycles. The van der Waals surface area contributed by atoms with E-state index in [2.05, 4.69) is 0 Å². The number of hydrogen-bond acceptors (Lipinski definition) is 4. The van der Waals surface area contributed by atoms with Gasteiger partial charge in [-0.15, -0.1) is 0 Å². The summed E-state index contributed by atoms with van der Waals surface area (Å²) in [5, 5.41) is 0. The Morgan fingerprint density at radius 2 is 2.00 bits per heavy atom. The number of rotatable bonds is 3. The zero-order chi connectivity index (χ0) is 11.4. The van der Waals surface area contributed by atoms with E-state index in [1.54, 1.807) is 14.2 Å². The summed E-state index contributed by atoms with van der Waals surface area (Å²) >= 11 is 0. The molecule has 0 spiro atoms. The Bertz CT molecular complexity index is 259. The Labute approximate surface area is 90.2 Å². The predicted octanol–water partition coefficient (Wildman–Crippen LogP) is 1.16. The summed E-state index contributed by atoms with van der Waals surface area (Å²) < 4.78 is 15.3. The third-order valence-electron chi connectivity index (χ3n) is 2.81. The van der Waals surface area contributed by atoms with Crippen LogP contribution < -0.4 is 0 Å². The Hall–Kier alpha value is -0.870. The molecule has 1 aliphatic carbocycles. The highest BCUT2D eigenvalue weighted by atomic mass is 16.5. The van der Waals surface area contributed by atoms with Crippen LogP contribution in [0.25, 0.3) is 0 Å². The second-order valence-electron chi connectivity index (χ2n) is 3.71. The number of ether oxygens (including phenoxy) is 3. The van der Waals surface area contributed by atoms with Gasteiger partial charge in [-0.25, -0.2) is 0 Å². The summed E-state index contributed by atoms with van der Waals surface area (Å²) in [4.78, 5) is 11.6. The van der Waals surface area contributed by atoms with Crippen LogP contribution in [0.4, 0.5) is 0 Å². The highest BCUT2D eigenvalue weighted by molar-refractivity contribution is 5.74. The third-order valence-corrected chi connectivity index (χ3v) is 2.81. The van der Waals surface area contributed by atoms with Gasteiger partial charge in [-0.3, -0.25) is 4.79 Å². The van der Waals surface area contributed by atoms with E-state index in [1.165, 1.54) is 7.11 Å². The number of carbonyl (C=O) groups excluding carboxylic acids is 1. The van der Waals surface area contributed by atoms with Gasteiger partial charge < -0.3 is 14.2 Å². The van der Waals surface area contributed by atoms with Gasteiger partial charge in [0.25, 0.3) is 0 Å². The molecule has 0 bridgehead atoms. The average Bonchev–Trinajstić information content (AvgIpc) is 2.26. The Morgan fingerprint density at radius 3 is 2.47 bits per heavy atom. The minimum Gasteiger partial charge on any atom is -0.469 e. The van der Waals surface area contributed by atoms with Crippen LogP contribution in [0.1, 0.15) is 13.3 Å². The van der Waals surface area contributed by atoms with Crippen molar-refractivity contribution in [2.75, 3.05) is 21.3 Å². The van der Waals surface area contributed by atoms with E-state index in [-0.39, 0.29) is 24.1 Å². The zero-order valence-corrected chi connectivity index (χ0v) is 9.65. The molecule has 0 fully saturated rings. The van der Waals surface area contributed by atoms with Gasteiger partial charge in [0, 0.05) is 14.2 Å². The first kappa shape index (κ1) is 12.2. The first-order chi connectivity index (χ1) is 7.13. The minimum absolute atomic E-state index is 0.0273. The first-order valence-electron chi connectivity index (χ1n) is 4.95. The normalized spacial score (nSPS) is 30.9. The van der Waals surface area contributed by atoms with Crippen LogP contribution >= 0.6 is 0 Å². The molecule has 3 atom stereocenters. The Morgan fingerprint density at radius 1 is 1.33 bits per heavy atom. The molecule has 0 aromatic heterocycles. The summed E-state index contributed by atoms with van der Waals surface area (Å²) in [6.45, 7) is 1.94. The van der Waals surface area contributed by atoms with Crippen LogP contribution in [0, 0.1) is 5.92 Å². The molecule has 0 radical (unpaired) electrons. The third kappa shape index (κ3) is 2.58. The van der Waals surface area contributed by atoms with Gasteiger partial charge in [0.2, 0.25) is 0 Å². The van der Waals surface area contributed by atoms with Crippen molar-refractivity contribution in [2.24, 2.45) is 5.92 Å². The molecule has 0 saturated heterocycles. The lowest BCUT2D eigenvalue weighted by molar-refractivity contribution is -0.151. The van der Waals surface area contributed by atoms with E-state index in [9.17, 15) is 4.79 Å². The molecule has 4 nitrogen and oxygen atoms in total. The summed E-state index contributed by atoms with van der Waals surface area (Å²) in [6, 6.07) is 0. The van der Waals surface area contributed by atoms with Gasteiger partial charge in [-0.05, 0) is 18.9 Å². The van der Waals surface area contributed by atoms with E-state index in [4.69, 9.17) is 14.2 Å². The maximum Gasteiger partial charge on any atom is 0.311 e. The van der Waals surface area contributed by atoms with Crippen LogP contribution in [0.5, 0.6) is 0 Å². The second-order valence-corrected chi connectivity index (χ2v) is 3.71. The van der Waals surface area contributed by atoms with E-state index in [0.717, 1.165) is 5.57 Å². The molecular weight excluding hydrogens is 196 g/mol. The summed E-state index contributed by atoms with van der Waals surface area (Å²) in [5.74, 6) is -0.508. The van der Waals surface area contributed by atoms with Crippen molar-refractivity contribution < 1.29 is 19.0 Å². The lowest BCUT2D eigenvalue weighted by Crippen LogP contribution is -2.38. The number of methoxy groups -OCH3 is 3. The highest BCUT2D eigenvalue weighted by Gasteiger charge is 2.36. The minimum atomic E-state index is -0.269. The fourth-order valence-corrected chi connectivity index (χ4v) is 2.03.